The van der Waals surface area contributed by atoms with Crippen LogP contribution in [0.1, 0.15) is 30.6 Å². The van der Waals surface area contributed by atoms with Gasteiger partial charge in [-0.3, -0.25) is 14.6 Å². The summed E-state index contributed by atoms with van der Waals surface area (Å²) in [5, 5.41) is 9.74. The smallest absolute Gasteiger partial charge is 0.254 e. The number of aliphatic hydroxyl groups is 1. The van der Waals surface area contributed by atoms with Gasteiger partial charge in [0.15, 0.2) is 5.78 Å². The Labute approximate surface area is 112 Å². The molecule has 2 atom stereocenters. The van der Waals surface area contributed by atoms with Crippen LogP contribution in [0.25, 0.3) is 0 Å². The maximum Gasteiger partial charge on any atom is 0.254 e. The lowest BCUT2D eigenvalue weighted by Gasteiger charge is -2.24. The van der Waals surface area contributed by atoms with Crippen LogP contribution >= 0.6 is 0 Å². The van der Waals surface area contributed by atoms with Gasteiger partial charge in [0.25, 0.3) is 5.91 Å². The highest BCUT2D eigenvalue weighted by atomic mass is 16.3. The van der Waals surface area contributed by atoms with Crippen molar-refractivity contribution in [1.82, 2.24) is 9.88 Å². The third-order valence-corrected chi connectivity index (χ3v) is 3.36. The Morgan fingerprint density at radius 1 is 1.37 bits per heavy atom. The van der Waals surface area contributed by atoms with Crippen molar-refractivity contribution in [3.05, 3.63) is 30.1 Å². The molecule has 5 heteroatoms. The Bertz CT molecular complexity index is 473. The molecule has 1 saturated heterocycles. The SMILES string of the molecule is CC(C)C(=O)C1CC(O)CN1C(=O)c1ccncc1. The van der Waals surface area contributed by atoms with E-state index in [1.165, 1.54) is 4.90 Å². The molecule has 0 aromatic carbocycles. The van der Waals surface area contributed by atoms with Crippen molar-refractivity contribution in [2.45, 2.75) is 32.4 Å². The topological polar surface area (TPSA) is 70.5 Å². The number of nitrogens with zero attached hydrogens (tertiary/aromatic N) is 2. The molecule has 1 aromatic rings. The largest absolute Gasteiger partial charge is 0.391 e. The van der Waals surface area contributed by atoms with Gasteiger partial charge in [-0.1, -0.05) is 13.8 Å². The van der Waals surface area contributed by atoms with Gasteiger partial charge in [-0.25, -0.2) is 0 Å². The van der Waals surface area contributed by atoms with E-state index in [2.05, 4.69) is 4.98 Å². The van der Waals surface area contributed by atoms with Crippen molar-refractivity contribution < 1.29 is 14.7 Å². The molecule has 2 rings (SSSR count). The molecule has 5 nitrogen and oxygen atoms in total. The van der Waals surface area contributed by atoms with Crippen LogP contribution < -0.4 is 0 Å². The second-order valence-electron chi connectivity index (χ2n) is 5.16. The number of aromatic nitrogens is 1. The predicted octanol–water partition coefficient (Wildman–Crippen LogP) is 0.882. The zero-order valence-corrected chi connectivity index (χ0v) is 11.1. The number of carbonyl (C=O) groups is 2. The fraction of sp³-hybridized carbons (Fsp3) is 0.500. The van der Waals surface area contributed by atoms with Crippen molar-refractivity contribution in [3.8, 4) is 0 Å². The summed E-state index contributed by atoms with van der Waals surface area (Å²) < 4.78 is 0. The number of amides is 1. The highest BCUT2D eigenvalue weighted by molar-refractivity contribution is 5.98. The average molecular weight is 262 g/mol. The van der Waals surface area contributed by atoms with Gasteiger partial charge in [0.2, 0.25) is 0 Å². The second kappa shape index (κ2) is 5.48. The molecule has 0 radical (unpaired) electrons. The minimum atomic E-state index is -0.626. The fourth-order valence-corrected chi connectivity index (χ4v) is 2.35. The van der Waals surface area contributed by atoms with Gasteiger partial charge in [0, 0.05) is 36.8 Å². The number of hydrogen-bond donors (Lipinski definition) is 1. The first-order valence-electron chi connectivity index (χ1n) is 6.43. The maximum atomic E-state index is 12.4. The Morgan fingerprint density at radius 3 is 2.58 bits per heavy atom. The number of rotatable bonds is 3. The van der Waals surface area contributed by atoms with Gasteiger partial charge in [-0.05, 0) is 12.1 Å². The zero-order valence-electron chi connectivity index (χ0n) is 11.1. The summed E-state index contributed by atoms with van der Waals surface area (Å²) >= 11 is 0. The van der Waals surface area contributed by atoms with E-state index in [9.17, 15) is 14.7 Å². The summed E-state index contributed by atoms with van der Waals surface area (Å²) in [5.41, 5.74) is 0.491. The Hall–Kier alpha value is -1.75. The molecule has 0 spiro atoms. The van der Waals surface area contributed by atoms with Crippen LogP contribution in [0, 0.1) is 5.92 Å². The third kappa shape index (κ3) is 2.81. The Morgan fingerprint density at radius 2 is 2.00 bits per heavy atom. The number of hydrogen-bond acceptors (Lipinski definition) is 4. The molecular weight excluding hydrogens is 244 g/mol. The van der Waals surface area contributed by atoms with E-state index in [0.29, 0.717) is 12.0 Å². The molecule has 19 heavy (non-hydrogen) atoms. The molecule has 0 saturated carbocycles. The van der Waals surface area contributed by atoms with Crippen LogP contribution in [0.2, 0.25) is 0 Å². The first-order chi connectivity index (χ1) is 9.00. The number of carbonyl (C=O) groups excluding carboxylic acids is 2. The summed E-state index contributed by atoms with van der Waals surface area (Å²) in [5.74, 6) is -0.375. The molecule has 102 valence electrons. The van der Waals surface area contributed by atoms with Crippen molar-refractivity contribution in [2.75, 3.05) is 6.54 Å². The highest BCUT2D eigenvalue weighted by Crippen LogP contribution is 2.23. The molecule has 0 bridgehead atoms. The molecule has 2 unspecified atom stereocenters. The van der Waals surface area contributed by atoms with Crippen molar-refractivity contribution in [3.63, 3.8) is 0 Å². The lowest BCUT2D eigenvalue weighted by Crippen LogP contribution is -2.42. The molecular formula is C14H18N2O3. The van der Waals surface area contributed by atoms with Gasteiger partial charge in [0.1, 0.15) is 0 Å². The third-order valence-electron chi connectivity index (χ3n) is 3.36. The molecule has 1 aromatic heterocycles. The monoisotopic (exact) mass is 262 g/mol. The molecule has 1 aliphatic rings. The van der Waals surface area contributed by atoms with Crippen LogP contribution in [-0.2, 0) is 4.79 Å². The second-order valence-corrected chi connectivity index (χ2v) is 5.16. The van der Waals surface area contributed by atoms with E-state index in [1.807, 2.05) is 13.8 Å². The van der Waals surface area contributed by atoms with E-state index < -0.39 is 12.1 Å². The number of aliphatic hydroxyl groups excluding tert-OH is 1. The average Bonchev–Trinajstić information content (AvgIpc) is 2.79. The van der Waals surface area contributed by atoms with E-state index >= 15 is 0 Å². The predicted molar refractivity (Wildman–Crippen MR) is 69.5 cm³/mol. The normalized spacial score (nSPS) is 22.8. The highest BCUT2D eigenvalue weighted by Gasteiger charge is 2.39. The quantitative estimate of drug-likeness (QED) is 0.878. The van der Waals surface area contributed by atoms with Crippen molar-refractivity contribution in [1.29, 1.82) is 0 Å². The molecule has 1 amide bonds. The summed E-state index contributed by atoms with van der Waals surface area (Å²) in [6, 6.07) is 2.71. The van der Waals surface area contributed by atoms with Crippen LogP contribution in [0.15, 0.2) is 24.5 Å². The number of pyridine rings is 1. The van der Waals surface area contributed by atoms with E-state index in [1.54, 1.807) is 24.5 Å². The van der Waals surface area contributed by atoms with Gasteiger partial charge in [-0.2, -0.15) is 0 Å². The number of ketones is 1. The van der Waals surface area contributed by atoms with Crippen LogP contribution in [0.5, 0.6) is 0 Å². The minimum Gasteiger partial charge on any atom is -0.391 e. The van der Waals surface area contributed by atoms with Gasteiger partial charge in [0.05, 0.1) is 12.1 Å². The summed E-state index contributed by atoms with van der Waals surface area (Å²) in [4.78, 5) is 29.8. The maximum absolute atomic E-state index is 12.4. The van der Waals surface area contributed by atoms with Gasteiger partial charge in [-0.15, -0.1) is 0 Å². The standard InChI is InChI=1S/C14H18N2O3/c1-9(2)13(18)12-7-11(17)8-16(12)14(19)10-3-5-15-6-4-10/h3-6,9,11-12,17H,7-8H2,1-2H3. The molecule has 0 aliphatic carbocycles. The molecule has 1 aliphatic heterocycles. The van der Waals surface area contributed by atoms with Crippen LogP contribution in [0.4, 0.5) is 0 Å². The molecule has 1 N–H and O–H groups in total. The number of Topliss-reactive ketones (excluding diaryl/α,β-unsaturated/α-hetero) is 1. The Kier molecular flexibility index (Phi) is 3.95. The summed E-state index contributed by atoms with van der Waals surface area (Å²) in [7, 11) is 0. The van der Waals surface area contributed by atoms with Crippen LogP contribution in [0.3, 0.4) is 0 Å². The van der Waals surface area contributed by atoms with E-state index in [4.69, 9.17) is 0 Å². The molecule has 2 heterocycles. The first kappa shape index (κ1) is 13.7. The van der Waals surface area contributed by atoms with Gasteiger partial charge >= 0.3 is 0 Å². The zero-order chi connectivity index (χ0) is 14.0. The minimum absolute atomic E-state index is 0.000967. The van der Waals surface area contributed by atoms with E-state index in [-0.39, 0.29) is 24.2 Å². The first-order valence-corrected chi connectivity index (χ1v) is 6.43. The van der Waals surface area contributed by atoms with E-state index in [0.717, 1.165) is 0 Å². The fourth-order valence-electron chi connectivity index (χ4n) is 2.35. The Balaban J connectivity index is 2.22. The summed E-state index contributed by atoms with van der Waals surface area (Å²) in [6.07, 6.45) is 2.78. The van der Waals surface area contributed by atoms with Crippen molar-refractivity contribution in [2.24, 2.45) is 5.92 Å². The van der Waals surface area contributed by atoms with Crippen LogP contribution in [-0.4, -0.2) is 45.4 Å². The summed E-state index contributed by atoms with van der Waals surface area (Å²) in [6.45, 7) is 3.83. The van der Waals surface area contributed by atoms with Gasteiger partial charge < -0.3 is 10.0 Å². The molecule has 1 fully saturated rings. The lowest BCUT2D eigenvalue weighted by molar-refractivity contribution is -0.125. The lowest BCUT2D eigenvalue weighted by atomic mass is 9.99. The van der Waals surface area contributed by atoms with Crippen molar-refractivity contribution >= 4 is 11.7 Å². The number of likely N-dealkylation sites (tertiary alicyclic amines) is 1. The number of β-amino-alcohol motifs (C(OH)–C–C–N with tert-alkyl or cyclic N) is 1.